The number of benzene rings is 1. The van der Waals surface area contributed by atoms with Gasteiger partial charge in [-0.1, -0.05) is 26.2 Å². The van der Waals surface area contributed by atoms with Crippen molar-refractivity contribution in [2.24, 2.45) is 4.99 Å². The minimum Gasteiger partial charge on any atom is -0.493 e. The zero-order valence-corrected chi connectivity index (χ0v) is 16.3. The van der Waals surface area contributed by atoms with Crippen molar-refractivity contribution in [3.05, 3.63) is 17.7 Å². The molecule has 6 heteroatoms. The van der Waals surface area contributed by atoms with Gasteiger partial charge in [-0.15, -0.1) is 0 Å². The van der Waals surface area contributed by atoms with E-state index < -0.39 is 0 Å². The van der Waals surface area contributed by atoms with Gasteiger partial charge in [-0.25, -0.2) is 4.99 Å². The van der Waals surface area contributed by atoms with E-state index in [9.17, 15) is 0 Å². The van der Waals surface area contributed by atoms with E-state index in [2.05, 4.69) is 29.5 Å². The second-order valence-electron chi connectivity index (χ2n) is 5.68. The highest BCUT2D eigenvalue weighted by molar-refractivity contribution is 5.79. The molecule has 0 saturated heterocycles. The highest BCUT2D eigenvalue weighted by atomic mass is 16.5. The molecule has 0 aliphatic carbocycles. The first kappa shape index (κ1) is 20.9. The number of hydrogen-bond donors (Lipinski definition) is 2. The van der Waals surface area contributed by atoms with Crippen LogP contribution < -0.4 is 24.8 Å². The van der Waals surface area contributed by atoms with Crippen molar-refractivity contribution < 1.29 is 14.2 Å². The molecule has 0 aromatic heterocycles. The molecule has 0 fully saturated rings. The maximum absolute atomic E-state index is 5.51. The van der Waals surface area contributed by atoms with E-state index in [1.54, 1.807) is 21.3 Å². The summed E-state index contributed by atoms with van der Waals surface area (Å²) < 4.78 is 16.3. The molecule has 0 saturated carbocycles. The van der Waals surface area contributed by atoms with Crippen molar-refractivity contribution in [3.8, 4) is 17.2 Å². The number of methoxy groups -OCH3 is 3. The number of nitrogens with one attached hydrogen (secondary N) is 2. The summed E-state index contributed by atoms with van der Waals surface area (Å²) in [7, 11) is 4.85. The number of aliphatic imine (C=N–C) groups is 1. The molecule has 0 atom stereocenters. The zero-order valence-electron chi connectivity index (χ0n) is 16.3. The molecular formula is C19H33N3O3. The Morgan fingerprint density at radius 1 is 0.920 bits per heavy atom. The lowest BCUT2D eigenvalue weighted by Gasteiger charge is -2.15. The number of hydrogen-bond acceptors (Lipinski definition) is 4. The van der Waals surface area contributed by atoms with E-state index in [-0.39, 0.29) is 0 Å². The van der Waals surface area contributed by atoms with Gasteiger partial charge in [-0.05, 0) is 25.5 Å². The first-order valence-corrected chi connectivity index (χ1v) is 9.01. The Morgan fingerprint density at radius 3 is 2.28 bits per heavy atom. The summed E-state index contributed by atoms with van der Waals surface area (Å²) in [6.45, 7) is 6.52. The average Bonchev–Trinajstić information content (AvgIpc) is 2.64. The van der Waals surface area contributed by atoms with Crippen LogP contribution in [0.15, 0.2) is 17.1 Å². The van der Waals surface area contributed by atoms with Crippen LogP contribution in [0, 0.1) is 0 Å². The molecule has 0 heterocycles. The third-order valence-electron chi connectivity index (χ3n) is 3.86. The lowest BCUT2D eigenvalue weighted by molar-refractivity contribution is 0.322. The quantitative estimate of drug-likeness (QED) is 0.364. The van der Waals surface area contributed by atoms with E-state index >= 15 is 0 Å². The zero-order chi connectivity index (χ0) is 18.5. The standard InChI is InChI=1S/C19H33N3O3/c1-6-8-9-10-13-21-19(20-7-2)22-14-15-11-12-16(23-3)18(25-5)17(15)24-4/h11-12H,6-10,13-14H2,1-5H3,(H2,20,21,22). The van der Waals surface area contributed by atoms with Crippen LogP contribution in [0.2, 0.25) is 0 Å². The molecule has 0 radical (unpaired) electrons. The van der Waals surface area contributed by atoms with Gasteiger partial charge in [-0.3, -0.25) is 0 Å². The van der Waals surface area contributed by atoms with Gasteiger partial charge < -0.3 is 24.8 Å². The van der Waals surface area contributed by atoms with Crippen LogP contribution >= 0.6 is 0 Å². The fraction of sp³-hybridized carbons (Fsp3) is 0.632. The van der Waals surface area contributed by atoms with Crippen molar-refractivity contribution in [2.75, 3.05) is 34.4 Å². The maximum Gasteiger partial charge on any atom is 0.203 e. The third kappa shape index (κ3) is 6.72. The van der Waals surface area contributed by atoms with Crippen molar-refractivity contribution in [2.45, 2.75) is 46.1 Å². The Bertz CT molecular complexity index is 533. The molecule has 25 heavy (non-hydrogen) atoms. The molecule has 142 valence electrons. The topological polar surface area (TPSA) is 64.1 Å². The highest BCUT2D eigenvalue weighted by Gasteiger charge is 2.15. The van der Waals surface area contributed by atoms with E-state index in [0.29, 0.717) is 23.8 Å². The van der Waals surface area contributed by atoms with E-state index in [1.807, 2.05) is 12.1 Å². The number of unbranched alkanes of at least 4 members (excludes halogenated alkanes) is 3. The van der Waals surface area contributed by atoms with Gasteiger partial charge in [0.25, 0.3) is 0 Å². The largest absolute Gasteiger partial charge is 0.493 e. The molecular weight excluding hydrogens is 318 g/mol. The smallest absolute Gasteiger partial charge is 0.203 e. The first-order valence-electron chi connectivity index (χ1n) is 9.01. The van der Waals surface area contributed by atoms with Crippen LogP contribution in [0.25, 0.3) is 0 Å². The molecule has 0 aliphatic heterocycles. The van der Waals surface area contributed by atoms with Gasteiger partial charge in [0, 0.05) is 18.7 Å². The minimum absolute atomic E-state index is 0.494. The van der Waals surface area contributed by atoms with Gasteiger partial charge in [0.05, 0.1) is 27.9 Å². The van der Waals surface area contributed by atoms with Crippen molar-refractivity contribution in [1.29, 1.82) is 0 Å². The van der Waals surface area contributed by atoms with Crippen LogP contribution in [-0.4, -0.2) is 40.4 Å². The molecule has 6 nitrogen and oxygen atoms in total. The molecule has 0 unspecified atom stereocenters. The van der Waals surface area contributed by atoms with Crippen LogP contribution in [-0.2, 0) is 6.54 Å². The summed E-state index contributed by atoms with van der Waals surface area (Å²) in [6.07, 6.45) is 4.91. The molecule has 0 bridgehead atoms. The molecule has 2 N–H and O–H groups in total. The Labute approximate surface area is 152 Å². The predicted octanol–water partition coefficient (Wildman–Crippen LogP) is 3.35. The molecule has 1 aromatic rings. The summed E-state index contributed by atoms with van der Waals surface area (Å²) in [5.41, 5.74) is 0.948. The Balaban J connectivity index is 2.80. The van der Waals surface area contributed by atoms with Crippen LogP contribution in [0.4, 0.5) is 0 Å². The van der Waals surface area contributed by atoms with E-state index in [1.165, 1.54) is 19.3 Å². The fourth-order valence-corrected chi connectivity index (χ4v) is 2.55. The van der Waals surface area contributed by atoms with Crippen LogP contribution in [0.1, 0.15) is 45.1 Å². The second-order valence-corrected chi connectivity index (χ2v) is 5.68. The minimum atomic E-state index is 0.494. The Hall–Kier alpha value is -2.11. The summed E-state index contributed by atoms with van der Waals surface area (Å²) in [5, 5.41) is 6.66. The van der Waals surface area contributed by atoms with Gasteiger partial charge in [-0.2, -0.15) is 0 Å². The predicted molar refractivity (Wildman–Crippen MR) is 103 cm³/mol. The van der Waals surface area contributed by atoms with Crippen LogP contribution in [0.3, 0.4) is 0 Å². The van der Waals surface area contributed by atoms with Gasteiger partial charge in [0.1, 0.15) is 0 Å². The first-order chi connectivity index (χ1) is 12.2. The number of guanidine groups is 1. The Kier molecular flexibility index (Phi) is 10.3. The summed E-state index contributed by atoms with van der Waals surface area (Å²) in [5.74, 6) is 2.71. The fourth-order valence-electron chi connectivity index (χ4n) is 2.55. The average molecular weight is 351 g/mol. The van der Waals surface area contributed by atoms with E-state index in [4.69, 9.17) is 14.2 Å². The number of rotatable bonds is 11. The molecule has 0 amide bonds. The molecule has 0 aliphatic rings. The summed E-state index contributed by atoms with van der Waals surface area (Å²) in [4.78, 5) is 4.66. The lowest BCUT2D eigenvalue weighted by atomic mass is 10.1. The summed E-state index contributed by atoms with van der Waals surface area (Å²) >= 11 is 0. The van der Waals surface area contributed by atoms with Crippen molar-refractivity contribution in [3.63, 3.8) is 0 Å². The molecule has 0 spiro atoms. The van der Waals surface area contributed by atoms with Crippen molar-refractivity contribution in [1.82, 2.24) is 10.6 Å². The SMILES string of the molecule is CCCCCCNC(=NCc1ccc(OC)c(OC)c1OC)NCC. The Morgan fingerprint density at radius 2 is 1.68 bits per heavy atom. The number of ether oxygens (including phenoxy) is 3. The highest BCUT2D eigenvalue weighted by Crippen LogP contribution is 2.39. The third-order valence-corrected chi connectivity index (χ3v) is 3.86. The monoisotopic (exact) mass is 351 g/mol. The van der Waals surface area contributed by atoms with E-state index in [0.717, 1.165) is 31.0 Å². The second kappa shape index (κ2) is 12.3. The normalized spacial score (nSPS) is 11.2. The van der Waals surface area contributed by atoms with Gasteiger partial charge in [0.15, 0.2) is 17.5 Å². The van der Waals surface area contributed by atoms with Crippen LogP contribution in [0.5, 0.6) is 17.2 Å². The summed E-state index contributed by atoms with van der Waals surface area (Å²) in [6, 6.07) is 3.83. The lowest BCUT2D eigenvalue weighted by Crippen LogP contribution is -2.37. The molecule has 1 rings (SSSR count). The molecule has 1 aromatic carbocycles. The van der Waals surface area contributed by atoms with Gasteiger partial charge in [0.2, 0.25) is 5.75 Å². The van der Waals surface area contributed by atoms with Crippen molar-refractivity contribution >= 4 is 5.96 Å². The van der Waals surface area contributed by atoms with Gasteiger partial charge >= 0.3 is 0 Å². The number of nitrogens with zero attached hydrogens (tertiary/aromatic N) is 1. The maximum atomic E-state index is 5.51.